The van der Waals surface area contributed by atoms with Crippen molar-refractivity contribution in [2.75, 3.05) is 12.4 Å². The van der Waals surface area contributed by atoms with Crippen molar-refractivity contribution < 1.29 is 9.59 Å². The average molecular weight is 259 g/mol. The van der Waals surface area contributed by atoms with Crippen LogP contribution in [0.15, 0.2) is 30.9 Å². The SMILES string of the molecule is CNC(=O)c1cn(-c2ccc(NC(C)=O)cn2)cn1. The van der Waals surface area contributed by atoms with Crippen molar-refractivity contribution >= 4 is 17.5 Å². The highest BCUT2D eigenvalue weighted by atomic mass is 16.2. The zero-order chi connectivity index (χ0) is 13.8. The summed E-state index contributed by atoms with van der Waals surface area (Å²) in [5.41, 5.74) is 0.929. The highest BCUT2D eigenvalue weighted by Crippen LogP contribution is 2.10. The molecule has 2 heterocycles. The number of aromatic nitrogens is 3. The van der Waals surface area contributed by atoms with Gasteiger partial charge < -0.3 is 10.6 Å². The monoisotopic (exact) mass is 259 g/mol. The van der Waals surface area contributed by atoms with Gasteiger partial charge in [-0.25, -0.2) is 9.97 Å². The topological polar surface area (TPSA) is 88.9 Å². The summed E-state index contributed by atoms with van der Waals surface area (Å²) in [5, 5.41) is 5.12. The quantitative estimate of drug-likeness (QED) is 0.844. The molecule has 0 saturated heterocycles. The summed E-state index contributed by atoms with van der Waals surface area (Å²) in [6.45, 7) is 1.43. The van der Waals surface area contributed by atoms with Gasteiger partial charge in [-0.1, -0.05) is 0 Å². The molecule has 19 heavy (non-hydrogen) atoms. The molecule has 0 spiro atoms. The second-order valence-corrected chi connectivity index (χ2v) is 3.83. The Labute approximate surface area is 109 Å². The summed E-state index contributed by atoms with van der Waals surface area (Å²) in [6, 6.07) is 3.45. The smallest absolute Gasteiger partial charge is 0.271 e. The van der Waals surface area contributed by atoms with Crippen molar-refractivity contribution in [3.63, 3.8) is 0 Å². The minimum Gasteiger partial charge on any atom is -0.354 e. The van der Waals surface area contributed by atoms with Crippen molar-refractivity contribution in [3.8, 4) is 5.82 Å². The second-order valence-electron chi connectivity index (χ2n) is 3.83. The highest BCUT2D eigenvalue weighted by molar-refractivity contribution is 5.91. The molecule has 0 bridgehead atoms. The van der Waals surface area contributed by atoms with E-state index in [0.29, 0.717) is 17.2 Å². The first-order chi connectivity index (χ1) is 9.10. The zero-order valence-corrected chi connectivity index (χ0v) is 10.5. The molecule has 2 aromatic rings. The number of nitrogens with zero attached hydrogens (tertiary/aromatic N) is 3. The fourth-order valence-electron chi connectivity index (χ4n) is 1.51. The van der Waals surface area contributed by atoms with E-state index in [1.54, 1.807) is 29.9 Å². The Kier molecular flexibility index (Phi) is 3.56. The van der Waals surface area contributed by atoms with Gasteiger partial charge in [0.15, 0.2) is 0 Å². The Morgan fingerprint density at radius 1 is 1.26 bits per heavy atom. The van der Waals surface area contributed by atoms with Crippen LogP contribution in [0.25, 0.3) is 5.82 Å². The number of nitrogens with one attached hydrogen (secondary N) is 2. The summed E-state index contributed by atoms with van der Waals surface area (Å²) >= 11 is 0. The minimum absolute atomic E-state index is 0.154. The molecule has 2 N–H and O–H groups in total. The molecule has 2 aromatic heterocycles. The van der Waals surface area contributed by atoms with E-state index in [2.05, 4.69) is 20.6 Å². The number of carbonyl (C=O) groups is 2. The number of hydrogen-bond donors (Lipinski definition) is 2. The summed E-state index contributed by atoms with van der Waals surface area (Å²) in [4.78, 5) is 30.4. The van der Waals surface area contributed by atoms with E-state index in [0.717, 1.165) is 0 Å². The number of rotatable bonds is 3. The van der Waals surface area contributed by atoms with Crippen LogP contribution in [0, 0.1) is 0 Å². The van der Waals surface area contributed by atoms with Crippen LogP contribution in [-0.2, 0) is 4.79 Å². The predicted molar refractivity (Wildman–Crippen MR) is 69.1 cm³/mol. The fraction of sp³-hybridized carbons (Fsp3) is 0.167. The van der Waals surface area contributed by atoms with Gasteiger partial charge in [0.2, 0.25) is 5.91 Å². The summed E-state index contributed by atoms with van der Waals surface area (Å²) < 4.78 is 1.63. The van der Waals surface area contributed by atoms with Crippen LogP contribution in [0.3, 0.4) is 0 Å². The Bertz CT molecular complexity index is 603. The lowest BCUT2D eigenvalue weighted by molar-refractivity contribution is -0.114. The maximum atomic E-state index is 11.4. The normalized spacial score (nSPS) is 10.0. The molecule has 0 aliphatic rings. The van der Waals surface area contributed by atoms with E-state index in [-0.39, 0.29) is 11.8 Å². The van der Waals surface area contributed by atoms with Crippen LogP contribution in [0.5, 0.6) is 0 Å². The van der Waals surface area contributed by atoms with Crippen LogP contribution in [-0.4, -0.2) is 33.4 Å². The number of anilines is 1. The summed E-state index contributed by atoms with van der Waals surface area (Å²) in [5.74, 6) is 0.199. The first-order valence-corrected chi connectivity index (χ1v) is 5.60. The van der Waals surface area contributed by atoms with Gasteiger partial charge in [0.25, 0.3) is 5.91 Å². The third kappa shape index (κ3) is 2.95. The van der Waals surface area contributed by atoms with E-state index in [4.69, 9.17) is 0 Å². The number of carbonyl (C=O) groups excluding carboxylic acids is 2. The molecule has 0 radical (unpaired) electrons. The Balaban J connectivity index is 2.20. The average Bonchev–Trinajstić information content (AvgIpc) is 2.87. The van der Waals surface area contributed by atoms with Crippen molar-refractivity contribution in [2.24, 2.45) is 0 Å². The lowest BCUT2D eigenvalue weighted by Crippen LogP contribution is -2.18. The van der Waals surface area contributed by atoms with Gasteiger partial charge in [0, 0.05) is 20.2 Å². The Morgan fingerprint density at radius 2 is 2.05 bits per heavy atom. The maximum Gasteiger partial charge on any atom is 0.271 e. The van der Waals surface area contributed by atoms with E-state index in [9.17, 15) is 9.59 Å². The third-order valence-electron chi connectivity index (χ3n) is 2.38. The molecular weight excluding hydrogens is 246 g/mol. The van der Waals surface area contributed by atoms with Crippen molar-refractivity contribution in [1.29, 1.82) is 0 Å². The summed E-state index contributed by atoms with van der Waals surface area (Å²) in [6.07, 6.45) is 4.63. The van der Waals surface area contributed by atoms with Gasteiger partial charge >= 0.3 is 0 Å². The number of amides is 2. The van der Waals surface area contributed by atoms with Gasteiger partial charge in [-0.2, -0.15) is 0 Å². The van der Waals surface area contributed by atoms with Gasteiger partial charge in [0.05, 0.1) is 11.9 Å². The van der Waals surface area contributed by atoms with Crippen LogP contribution in [0.2, 0.25) is 0 Å². The fourth-order valence-corrected chi connectivity index (χ4v) is 1.51. The Hall–Kier alpha value is -2.70. The molecular formula is C12H13N5O2. The van der Waals surface area contributed by atoms with Crippen molar-refractivity contribution in [1.82, 2.24) is 19.9 Å². The molecule has 0 aliphatic heterocycles. The molecule has 0 fully saturated rings. The lowest BCUT2D eigenvalue weighted by atomic mass is 10.4. The van der Waals surface area contributed by atoms with Crippen LogP contribution < -0.4 is 10.6 Å². The van der Waals surface area contributed by atoms with E-state index in [1.807, 2.05) is 0 Å². The molecule has 2 rings (SSSR count). The molecule has 0 aliphatic carbocycles. The van der Waals surface area contributed by atoms with Gasteiger partial charge in [0.1, 0.15) is 17.8 Å². The van der Waals surface area contributed by atoms with Gasteiger partial charge in [-0.3, -0.25) is 14.2 Å². The standard InChI is InChI=1S/C12H13N5O2/c1-8(18)16-9-3-4-11(14-5-9)17-6-10(15-7-17)12(19)13-2/h3-7H,1-2H3,(H,13,19)(H,16,18). The summed E-state index contributed by atoms with van der Waals surface area (Å²) in [7, 11) is 1.54. The molecule has 2 amide bonds. The molecule has 0 unspecified atom stereocenters. The van der Waals surface area contributed by atoms with E-state index >= 15 is 0 Å². The van der Waals surface area contributed by atoms with E-state index < -0.39 is 0 Å². The second kappa shape index (κ2) is 5.30. The number of pyridine rings is 1. The van der Waals surface area contributed by atoms with Gasteiger partial charge in [-0.05, 0) is 12.1 Å². The molecule has 7 heteroatoms. The maximum absolute atomic E-state index is 11.4. The molecule has 0 atom stereocenters. The lowest BCUT2D eigenvalue weighted by Gasteiger charge is -2.03. The van der Waals surface area contributed by atoms with Crippen LogP contribution in [0.4, 0.5) is 5.69 Å². The van der Waals surface area contributed by atoms with Crippen molar-refractivity contribution in [3.05, 3.63) is 36.5 Å². The Morgan fingerprint density at radius 3 is 2.63 bits per heavy atom. The molecule has 0 aromatic carbocycles. The highest BCUT2D eigenvalue weighted by Gasteiger charge is 2.08. The third-order valence-corrected chi connectivity index (χ3v) is 2.38. The number of hydrogen-bond acceptors (Lipinski definition) is 4. The molecule has 98 valence electrons. The first kappa shape index (κ1) is 12.7. The van der Waals surface area contributed by atoms with Crippen LogP contribution in [0.1, 0.15) is 17.4 Å². The largest absolute Gasteiger partial charge is 0.354 e. The minimum atomic E-state index is -0.256. The predicted octanol–water partition coefficient (Wildman–Crippen LogP) is 0.585. The number of imidazole rings is 1. The zero-order valence-electron chi connectivity index (χ0n) is 10.5. The van der Waals surface area contributed by atoms with Crippen molar-refractivity contribution in [2.45, 2.75) is 6.92 Å². The first-order valence-electron chi connectivity index (χ1n) is 5.60. The van der Waals surface area contributed by atoms with Crippen LogP contribution >= 0.6 is 0 Å². The van der Waals surface area contributed by atoms with E-state index in [1.165, 1.54) is 19.4 Å². The molecule has 7 nitrogen and oxygen atoms in total. The van der Waals surface area contributed by atoms with Gasteiger partial charge in [-0.15, -0.1) is 0 Å². The molecule has 0 saturated carbocycles.